The molecule has 12 heteroatoms. The van der Waals surface area contributed by atoms with E-state index in [9.17, 15) is 29.1 Å². The number of hydrogen-bond donors (Lipinski definition) is 7. The van der Waals surface area contributed by atoms with Crippen LogP contribution in [0.3, 0.4) is 0 Å². The number of primary amides is 1. The van der Waals surface area contributed by atoms with E-state index in [1.165, 1.54) is 0 Å². The fraction of sp³-hybridized carbons (Fsp3) is 0.722. The van der Waals surface area contributed by atoms with E-state index in [1.807, 2.05) is 0 Å². The van der Waals surface area contributed by atoms with Crippen molar-refractivity contribution in [3.63, 3.8) is 0 Å². The average Bonchev–Trinajstić information content (AvgIpc) is 3.21. The molecule has 170 valence electrons. The highest BCUT2D eigenvalue weighted by atomic mass is 16.4. The second-order valence-electron chi connectivity index (χ2n) is 7.53. The molecular formula is C18H31N5O7. The summed E-state index contributed by atoms with van der Waals surface area (Å²) in [6, 6.07) is -4.19. The van der Waals surface area contributed by atoms with Crippen molar-refractivity contribution in [3.8, 4) is 0 Å². The number of hydrogen-bond acceptors (Lipinski definition) is 7. The molecule has 1 heterocycles. The summed E-state index contributed by atoms with van der Waals surface area (Å²) in [6.07, 6.45) is 1.01. The van der Waals surface area contributed by atoms with Crippen LogP contribution in [0.1, 0.15) is 39.5 Å². The maximum atomic E-state index is 12.6. The van der Waals surface area contributed by atoms with Crippen LogP contribution < -0.4 is 27.0 Å². The first kappa shape index (κ1) is 25.3. The maximum absolute atomic E-state index is 12.6. The zero-order valence-corrected chi connectivity index (χ0v) is 17.1. The van der Waals surface area contributed by atoms with Crippen molar-refractivity contribution in [2.75, 3.05) is 13.2 Å². The molecule has 4 unspecified atom stereocenters. The number of carboxylic acids is 1. The molecular weight excluding hydrogens is 398 g/mol. The summed E-state index contributed by atoms with van der Waals surface area (Å²) in [5.41, 5.74) is 4.99. The largest absolute Gasteiger partial charge is 0.480 e. The summed E-state index contributed by atoms with van der Waals surface area (Å²) < 4.78 is 0. The lowest BCUT2D eigenvalue weighted by molar-refractivity contribution is -0.143. The van der Waals surface area contributed by atoms with Crippen molar-refractivity contribution in [2.24, 2.45) is 11.7 Å². The normalized spacial score (nSPS) is 18.9. The van der Waals surface area contributed by atoms with Gasteiger partial charge in [0.15, 0.2) is 0 Å². The van der Waals surface area contributed by atoms with Crippen LogP contribution in [0.15, 0.2) is 0 Å². The molecule has 4 amide bonds. The van der Waals surface area contributed by atoms with Crippen molar-refractivity contribution in [1.82, 2.24) is 21.3 Å². The van der Waals surface area contributed by atoms with Gasteiger partial charge in [0.25, 0.3) is 0 Å². The summed E-state index contributed by atoms with van der Waals surface area (Å²) in [5.74, 6) is -4.37. The minimum Gasteiger partial charge on any atom is -0.480 e. The van der Waals surface area contributed by atoms with Crippen LogP contribution in [-0.2, 0) is 24.0 Å². The zero-order chi connectivity index (χ0) is 22.8. The SMILES string of the molecule is CC(C)C(NC(=O)C1CCCN1)C(=O)NC(CO)C(=O)NC(CCC(N)=O)C(=O)O. The molecule has 0 aliphatic carbocycles. The number of aliphatic hydroxyl groups excluding tert-OH is 1. The molecule has 30 heavy (non-hydrogen) atoms. The van der Waals surface area contributed by atoms with Gasteiger partial charge in [-0.3, -0.25) is 19.2 Å². The first-order chi connectivity index (χ1) is 14.1. The Morgan fingerprint density at radius 1 is 1.07 bits per heavy atom. The van der Waals surface area contributed by atoms with E-state index in [4.69, 9.17) is 10.8 Å². The molecule has 1 rings (SSSR count). The van der Waals surface area contributed by atoms with Crippen LogP contribution in [-0.4, -0.2) is 77.1 Å². The van der Waals surface area contributed by atoms with E-state index < -0.39 is 54.5 Å². The van der Waals surface area contributed by atoms with E-state index in [2.05, 4.69) is 21.3 Å². The number of carboxylic acid groups (broad SMARTS) is 1. The predicted molar refractivity (Wildman–Crippen MR) is 105 cm³/mol. The molecule has 12 nitrogen and oxygen atoms in total. The van der Waals surface area contributed by atoms with Crippen LogP contribution in [0.25, 0.3) is 0 Å². The van der Waals surface area contributed by atoms with Gasteiger partial charge in [-0.2, -0.15) is 0 Å². The Labute approximate surface area is 174 Å². The Morgan fingerprint density at radius 3 is 2.17 bits per heavy atom. The Morgan fingerprint density at radius 2 is 1.70 bits per heavy atom. The molecule has 0 bridgehead atoms. The third kappa shape index (κ3) is 7.95. The summed E-state index contributed by atoms with van der Waals surface area (Å²) in [7, 11) is 0. The first-order valence-corrected chi connectivity index (χ1v) is 9.83. The Kier molecular flexibility index (Phi) is 10.2. The van der Waals surface area contributed by atoms with Crippen LogP contribution in [0.4, 0.5) is 0 Å². The Balaban J connectivity index is 2.74. The summed E-state index contributed by atoms with van der Waals surface area (Å²) in [6.45, 7) is 3.35. The average molecular weight is 429 g/mol. The predicted octanol–water partition coefficient (Wildman–Crippen LogP) is -2.81. The molecule has 1 aliphatic heterocycles. The van der Waals surface area contributed by atoms with E-state index >= 15 is 0 Å². The summed E-state index contributed by atoms with van der Waals surface area (Å²) >= 11 is 0. The molecule has 1 fully saturated rings. The number of aliphatic carboxylic acids is 1. The molecule has 0 spiro atoms. The van der Waals surface area contributed by atoms with Gasteiger partial charge in [0.05, 0.1) is 12.6 Å². The topological polar surface area (TPSA) is 200 Å². The standard InChI is InChI=1S/C18H31N5O7/c1-9(2)14(23-15(26)10-4-3-7-20-10)17(28)22-12(8-24)16(27)21-11(18(29)30)5-6-13(19)25/h9-12,14,20,24H,3-8H2,1-2H3,(H2,19,25)(H,21,27)(H,22,28)(H,23,26)(H,29,30). The van der Waals surface area contributed by atoms with Gasteiger partial charge in [-0.25, -0.2) is 4.79 Å². The minimum absolute atomic E-state index is 0.235. The maximum Gasteiger partial charge on any atom is 0.326 e. The van der Waals surface area contributed by atoms with E-state index in [0.29, 0.717) is 13.0 Å². The number of carbonyl (C=O) groups is 5. The van der Waals surface area contributed by atoms with Crippen molar-refractivity contribution in [2.45, 2.75) is 63.7 Å². The Bertz CT molecular complexity index is 649. The van der Waals surface area contributed by atoms with Gasteiger partial charge in [0.2, 0.25) is 23.6 Å². The van der Waals surface area contributed by atoms with Crippen molar-refractivity contribution >= 4 is 29.6 Å². The van der Waals surface area contributed by atoms with Gasteiger partial charge < -0.3 is 37.2 Å². The van der Waals surface area contributed by atoms with E-state index in [0.717, 1.165) is 6.42 Å². The molecule has 0 aromatic heterocycles. The molecule has 4 atom stereocenters. The number of aliphatic hydroxyl groups is 1. The number of nitrogens with two attached hydrogens (primary N) is 1. The van der Waals surface area contributed by atoms with E-state index in [1.54, 1.807) is 13.8 Å². The van der Waals surface area contributed by atoms with Crippen LogP contribution in [0.2, 0.25) is 0 Å². The lowest BCUT2D eigenvalue weighted by Gasteiger charge is -2.26. The van der Waals surface area contributed by atoms with Gasteiger partial charge in [-0.05, 0) is 31.7 Å². The third-order valence-electron chi connectivity index (χ3n) is 4.73. The number of nitrogens with one attached hydrogen (secondary N) is 4. The van der Waals surface area contributed by atoms with Gasteiger partial charge in [0, 0.05) is 6.42 Å². The zero-order valence-electron chi connectivity index (χ0n) is 17.1. The number of amides is 4. The fourth-order valence-electron chi connectivity index (χ4n) is 2.97. The lowest BCUT2D eigenvalue weighted by atomic mass is 10.0. The van der Waals surface area contributed by atoms with Crippen LogP contribution >= 0.6 is 0 Å². The highest BCUT2D eigenvalue weighted by Gasteiger charge is 2.32. The Hall–Kier alpha value is -2.73. The quantitative estimate of drug-likeness (QED) is 0.172. The highest BCUT2D eigenvalue weighted by molar-refractivity contribution is 5.94. The smallest absolute Gasteiger partial charge is 0.326 e. The second kappa shape index (κ2) is 12.1. The monoisotopic (exact) mass is 429 g/mol. The molecule has 0 aromatic carbocycles. The minimum atomic E-state index is -1.43. The molecule has 1 aliphatic rings. The first-order valence-electron chi connectivity index (χ1n) is 9.83. The molecule has 0 radical (unpaired) electrons. The van der Waals surface area contributed by atoms with Crippen LogP contribution in [0.5, 0.6) is 0 Å². The van der Waals surface area contributed by atoms with E-state index in [-0.39, 0.29) is 24.7 Å². The summed E-state index contributed by atoms with van der Waals surface area (Å²) in [4.78, 5) is 59.4. The van der Waals surface area contributed by atoms with Gasteiger partial charge in [-0.15, -0.1) is 0 Å². The van der Waals surface area contributed by atoms with Crippen molar-refractivity contribution in [3.05, 3.63) is 0 Å². The van der Waals surface area contributed by atoms with Gasteiger partial charge in [0.1, 0.15) is 18.1 Å². The lowest BCUT2D eigenvalue weighted by Crippen LogP contribution is -2.59. The fourth-order valence-corrected chi connectivity index (χ4v) is 2.97. The van der Waals surface area contributed by atoms with Crippen molar-refractivity contribution < 1.29 is 34.2 Å². The molecule has 0 aromatic rings. The summed E-state index contributed by atoms with van der Waals surface area (Å²) in [5, 5.41) is 28.8. The number of carbonyl (C=O) groups excluding carboxylic acids is 4. The third-order valence-corrected chi connectivity index (χ3v) is 4.73. The second-order valence-corrected chi connectivity index (χ2v) is 7.53. The number of rotatable bonds is 12. The van der Waals surface area contributed by atoms with Crippen LogP contribution in [0, 0.1) is 5.92 Å². The van der Waals surface area contributed by atoms with Gasteiger partial charge >= 0.3 is 5.97 Å². The molecule has 8 N–H and O–H groups in total. The van der Waals surface area contributed by atoms with Crippen molar-refractivity contribution in [1.29, 1.82) is 0 Å². The molecule has 0 saturated carbocycles. The molecule has 1 saturated heterocycles. The van der Waals surface area contributed by atoms with Gasteiger partial charge in [-0.1, -0.05) is 13.8 Å². The highest BCUT2D eigenvalue weighted by Crippen LogP contribution is 2.08.